The molecule has 0 atom stereocenters. The van der Waals surface area contributed by atoms with Crippen LogP contribution >= 0.6 is 0 Å². The number of hydrogen-bond acceptors (Lipinski definition) is 7. The fraction of sp³-hybridized carbons (Fsp3) is 0.360. The second-order valence-electron chi connectivity index (χ2n) is 9.19. The van der Waals surface area contributed by atoms with E-state index in [0.717, 1.165) is 16.8 Å². The first-order chi connectivity index (χ1) is 18.4. The molecule has 4 aromatic heterocycles. The van der Waals surface area contributed by atoms with E-state index in [9.17, 15) is 31.1 Å². The van der Waals surface area contributed by atoms with E-state index in [4.69, 9.17) is 0 Å². The maximum Gasteiger partial charge on any atom is 0.437 e. The molecule has 0 unspecified atom stereocenters. The number of nitrogens with zero attached hydrogens (tertiary/aromatic N) is 7. The topological polar surface area (TPSA) is 89.7 Å². The van der Waals surface area contributed by atoms with Gasteiger partial charge in [0.2, 0.25) is 0 Å². The highest BCUT2D eigenvalue weighted by atomic mass is 19.4. The largest absolute Gasteiger partial charge is 0.437 e. The molecular weight excluding hydrogens is 528 g/mol. The van der Waals surface area contributed by atoms with Crippen molar-refractivity contribution in [2.24, 2.45) is 0 Å². The highest BCUT2D eigenvalue weighted by Crippen LogP contribution is 2.36. The number of aromatic nitrogens is 6. The third kappa shape index (κ3) is 5.27. The average Bonchev–Trinajstić information content (AvgIpc) is 2.90. The molecule has 204 valence electrons. The lowest BCUT2D eigenvalue weighted by Crippen LogP contribution is -2.37. The Morgan fingerprint density at radius 2 is 1.67 bits per heavy atom. The summed E-state index contributed by atoms with van der Waals surface area (Å²) in [5.41, 5.74) is -1.73. The Balaban J connectivity index is 1.51. The summed E-state index contributed by atoms with van der Waals surface area (Å²) < 4.78 is 82.4. The highest BCUT2D eigenvalue weighted by molar-refractivity contribution is 5.71. The Hall–Kier alpha value is -4.10. The van der Waals surface area contributed by atoms with Gasteiger partial charge in [-0.2, -0.15) is 26.3 Å². The van der Waals surface area contributed by atoms with Gasteiger partial charge in [0.25, 0.3) is 5.56 Å². The quantitative estimate of drug-likeness (QED) is 0.339. The molecule has 14 heteroatoms. The SMILES string of the molecule is Cc1cnc2cc(C3CCN(c4nccnc4C(F)(F)F)CC3)c(=O)n(Cc3ncccc3C(F)(F)F)c2n1. The molecule has 0 radical (unpaired) electrons. The van der Waals surface area contributed by atoms with Crippen LogP contribution in [0.25, 0.3) is 11.2 Å². The summed E-state index contributed by atoms with van der Waals surface area (Å²) in [6.07, 6.45) is -3.86. The van der Waals surface area contributed by atoms with Crippen molar-refractivity contribution in [2.45, 2.75) is 44.6 Å². The van der Waals surface area contributed by atoms with E-state index in [1.165, 1.54) is 29.6 Å². The molecule has 1 fully saturated rings. The summed E-state index contributed by atoms with van der Waals surface area (Å²) >= 11 is 0. The number of rotatable bonds is 4. The molecule has 5 heterocycles. The molecule has 0 spiro atoms. The van der Waals surface area contributed by atoms with Crippen LogP contribution in [0.15, 0.2) is 47.8 Å². The minimum atomic E-state index is -4.68. The van der Waals surface area contributed by atoms with E-state index >= 15 is 0 Å². The number of pyridine rings is 2. The van der Waals surface area contributed by atoms with E-state index in [-0.39, 0.29) is 36.2 Å². The normalized spacial score (nSPS) is 15.2. The van der Waals surface area contributed by atoms with Crippen LogP contribution in [0.3, 0.4) is 0 Å². The summed E-state index contributed by atoms with van der Waals surface area (Å²) in [7, 11) is 0. The molecule has 0 N–H and O–H groups in total. The van der Waals surface area contributed by atoms with Crippen molar-refractivity contribution in [3.8, 4) is 0 Å². The molecule has 1 aliphatic heterocycles. The fourth-order valence-corrected chi connectivity index (χ4v) is 4.81. The van der Waals surface area contributed by atoms with Crippen LogP contribution < -0.4 is 10.5 Å². The van der Waals surface area contributed by atoms with Crippen molar-refractivity contribution in [3.05, 3.63) is 81.5 Å². The summed E-state index contributed by atoms with van der Waals surface area (Å²) in [4.78, 5) is 35.1. The molecule has 0 saturated carbocycles. The number of anilines is 1. The number of aryl methyl sites for hydroxylation is 1. The van der Waals surface area contributed by atoms with E-state index in [0.29, 0.717) is 29.6 Å². The van der Waals surface area contributed by atoms with Gasteiger partial charge in [-0.25, -0.2) is 15.0 Å². The Morgan fingerprint density at radius 1 is 0.949 bits per heavy atom. The van der Waals surface area contributed by atoms with Crippen LogP contribution in [0.1, 0.15) is 47.0 Å². The van der Waals surface area contributed by atoms with Crippen molar-refractivity contribution in [3.63, 3.8) is 0 Å². The Bertz CT molecular complexity index is 1580. The molecule has 5 rings (SSSR count). The van der Waals surface area contributed by atoms with Crippen molar-refractivity contribution < 1.29 is 26.3 Å². The molecule has 8 nitrogen and oxygen atoms in total. The van der Waals surface area contributed by atoms with Gasteiger partial charge in [-0.05, 0) is 43.9 Å². The molecular formula is C25H21F6N7O. The van der Waals surface area contributed by atoms with Gasteiger partial charge in [0, 0.05) is 43.4 Å². The predicted molar refractivity (Wildman–Crippen MR) is 128 cm³/mol. The lowest BCUT2D eigenvalue weighted by molar-refractivity contribution is -0.141. The van der Waals surface area contributed by atoms with E-state index in [1.54, 1.807) is 13.0 Å². The monoisotopic (exact) mass is 549 g/mol. The smallest absolute Gasteiger partial charge is 0.355 e. The maximum absolute atomic E-state index is 13.7. The minimum Gasteiger partial charge on any atom is -0.355 e. The zero-order chi connectivity index (χ0) is 27.9. The fourth-order valence-electron chi connectivity index (χ4n) is 4.81. The zero-order valence-corrected chi connectivity index (χ0v) is 20.5. The summed E-state index contributed by atoms with van der Waals surface area (Å²) in [6.45, 7) is 1.50. The van der Waals surface area contributed by atoms with Crippen molar-refractivity contribution >= 4 is 17.0 Å². The van der Waals surface area contributed by atoms with Gasteiger partial charge in [0.15, 0.2) is 17.2 Å². The second kappa shape index (κ2) is 9.89. The first-order valence-electron chi connectivity index (χ1n) is 11.9. The first kappa shape index (κ1) is 26.5. The van der Waals surface area contributed by atoms with Crippen LogP contribution in [0.5, 0.6) is 0 Å². The minimum absolute atomic E-state index is 0.120. The van der Waals surface area contributed by atoms with Gasteiger partial charge in [0.05, 0.1) is 23.5 Å². The molecule has 0 amide bonds. The van der Waals surface area contributed by atoms with Gasteiger partial charge >= 0.3 is 12.4 Å². The third-order valence-electron chi connectivity index (χ3n) is 6.63. The van der Waals surface area contributed by atoms with E-state index in [2.05, 4.69) is 24.9 Å². The van der Waals surface area contributed by atoms with Crippen LogP contribution in [0.2, 0.25) is 0 Å². The van der Waals surface area contributed by atoms with Crippen LogP contribution in [-0.4, -0.2) is 42.6 Å². The zero-order valence-electron chi connectivity index (χ0n) is 20.5. The second-order valence-corrected chi connectivity index (χ2v) is 9.19. The molecule has 0 bridgehead atoms. The van der Waals surface area contributed by atoms with Crippen LogP contribution in [0, 0.1) is 6.92 Å². The van der Waals surface area contributed by atoms with Crippen LogP contribution in [0.4, 0.5) is 32.2 Å². The number of fused-ring (bicyclic) bond motifs is 1. The molecule has 4 aromatic rings. The number of hydrogen-bond donors (Lipinski definition) is 0. The number of halogens is 6. The molecule has 1 saturated heterocycles. The van der Waals surface area contributed by atoms with Crippen molar-refractivity contribution in [1.29, 1.82) is 0 Å². The first-order valence-corrected chi connectivity index (χ1v) is 11.9. The highest BCUT2D eigenvalue weighted by Gasteiger charge is 2.39. The van der Waals surface area contributed by atoms with Gasteiger partial charge in [-0.15, -0.1) is 0 Å². The van der Waals surface area contributed by atoms with Gasteiger partial charge in [-0.1, -0.05) is 0 Å². The van der Waals surface area contributed by atoms with Gasteiger partial charge in [0.1, 0.15) is 5.52 Å². The average molecular weight is 549 g/mol. The summed E-state index contributed by atoms with van der Waals surface area (Å²) in [5.74, 6) is -0.653. The lowest BCUT2D eigenvalue weighted by atomic mass is 9.90. The van der Waals surface area contributed by atoms with Crippen molar-refractivity contribution in [1.82, 2.24) is 29.5 Å². The maximum atomic E-state index is 13.7. The van der Waals surface area contributed by atoms with E-state index < -0.39 is 35.7 Å². The third-order valence-corrected chi connectivity index (χ3v) is 6.63. The number of alkyl halides is 6. The molecule has 1 aliphatic rings. The summed E-state index contributed by atoms with van der Waals surface area (Å²) in [5, 5.41) is 0. The molecule has 0 aliphatic carbocycles. The summed E-state index contributed by atoms with van der Waals surface area (Å²) in [6, 6.07) is 3.63. The molecule has 0 aromatic carbocycles. The lowest BCUT2D eigenvalue weighted by Gasteiger charge is -2.33. The van der Waals surface area contributed by atoms with Gasteiger partial charge in [-0.3, -0.25) is 19.3 Å². The number of piperidine rings is 1. The van der Waals surface area contributed by atoms with Crippen molar-refractivity contribution in [2.75, 3.05) is 18.0 Å². The van der Waals surface area contributed by atoms with Gasteiger partial charge < -0.3 is 4.90 Å². The Morgan fingerprint density at radius 3 is 2.36 bits per heavy atom. The Kier molecular flexibility index (Phi) is 6.72. The van der Waals surface area contributed by atoms with Crippen LogP contribution in [-0.2, 0) is 18.9 Å². The van der Waals surface area contributed by atoms with E-state index in [1.807, 2.05) is 0 Å². The predicted octanol–water partition coefficient (Wildman–Crippen LogP) is 4.75. The standard InChI is InChI=1S/C25H21F6N7O/c1-14-12-35-18-11-16(15-4-9-37(10-5-15)22-20(25(29,30)31)33-7-8-34-22)23(39)38(21(18)36-14)13-19-17(24(26,27)28)3-2-6-32-19/h2-3,6-8,11-12,15H,4-5,9-10,13H2,1H3. The molecule has 39 heavy (non-hydrogen) atoms. The Labute approximate surface area is 217 Å².